The van der Waals surface area contributed by atoms with Crippen molar-refractivity contribution in [2.24, 2.45) is 0 Å². The standard InChI is InChI=1S/C21H27N3O3.2ClH/c1-24(17-11-15-5-6-16(12-17)23-15)21(25)10-9-20-22-13-19(27-20)14-3-7-18(26-2)8-4-14;;/h3-4,7-8,13,15-17,23H,5-6,9-12H2,1-2H3;2*1H. The monoisotopic (exact) mass is 441 g/mol. The van der Waals surface area contributed by atoms with Crippen molar-refractivity contribution in [1.29, 1.82) is 0 Å². The minimum absolute atomic E-state index is 0. The summed E-state index contributed by atoms with van der Waals surface area (Å²) < 4.78 is 11.0. The van der Waals surface area contributed by atoms with E-state index < -0.39 is 0 Å². The van der Waals surface area contributed by atoms with E-state index in [4.69, 9.17) is 9.15 Å². The normalized spacial score (nSPS) is 22.3. The molecule has 1 aromatic heterocycles. The Balaban J connectivity index is 0.00000150. The predicted molar refractivity (Wildman–Crippen MR) is 117 cm³/mol. The van der Waals surface area contributed by atoms with E-state index in [1.807, 2.05) is 36.2 Å². The SMILES string of the molecule is COc1ccc(-c2cnc(CCC(=O)N(C)C3CC4CCC(C3)N4)o2)cc1.Cl.Cl. The number of hydrogen-bond acceptors (Lipinski definition) is 5. The van der Waals surface area contributed by atoms with Gasteiger partial charge in [0.25, 0.3) is 0 Å². The first-order chi connectivity index (χ1) is 13.1. The number of amides is 1. The lowest BCUT2D eigenvalue weighted by molar-refractivity contribution is -0.132. The van der Waals surface area contributed by atoms with Gasteiger partial charge in [-0.05, 0) is 49.9 Å². The maximum atomic E-state index is 12.6. The maximum Gasteiger partial charge on any atom is 0.223 e. The Morgan fingerprint density at radius 1 is 1.21 bits per heavy atom. The van der Waals surface area contributed by atoms with E-state index in [1.54, 1.807) is 13.3 Å². The molecule has 2 aliphatic rings. The van der Waals surface area contributed by atoms with Crippen LogP contribution in [0.25, 0.3) is 11.3 Å². The molecule has 0 saturated carbocycles. The molecule has 0 spiro atoms. The highest BCUT2D eigenvalue weighted by atomic mass is 35.5. The van der Waals surface area contributed by atoms with E-state index in [9.17, 15) is 4.79 Å². The molecule has 0 aliphatic carbocycles. The van der Waals surface area contributed by atoms with Gasteiger partial charge in [-0.2, -0.15) is 0 Å². The molecule has 2 bridgehead atoms. The third kappa shape index (κ3) is 5.44. The van der Waals surface area contributed by atoms with E-state index in [2.05, 4.69) is 10.3 Å². The van der Waals surface area contributed by atoms with Gasteiger partial charge in [-0.3, -0.25) is 4.79 Å². The fourth-order valence-corrected chi connectivity index (χ4v) is 4.25. The average molecular weight is 442 g/mol. The summed E-state index contributed by atoms with van der Waals surface area (Å²) in [7, 11) is 3.58. The number of methoxy groups -OCH3 is 1. The number of benzene rings is 1. The molecule has 2 saturated heterocycles. The first-order valence-corrected chi connectivity index (χ1v) is 9.73. The van der Waals surface area contributed by atoms with Crippen molar-refractivity contribution in [2.75, 3.05) is 14.2 Å². The molecule has 4 rings (SSSR count). The van der Waals surface area contributed by atoms with Crippen molar-refractivity contribution >= 4 is 30.7 Å². The molecule has 2 fully saturated rings. The Morgan fingerprint density at radius 3 is 2.48 bits per heavy atom. The number of ether oxygens (including phenoxy) is 1. The zero-order valence-corrected chi connectivity index (χ0v) is 18.4. The maximum absolute atomic E-state index is 12.6. The summed E-state index contributed by atoms with van der Waals surface area (Å²) >= 11 is 0. The molecule has 1 N–H and O–H groups in total. The molecule has 29 heavy (non-hydrogen) atoms. The number of carbonyl (C=O) groups excluding carboxylic acids is 1. The molecule has 6 nitrogen and oxygen atoms in total. The van der Waals surface area contributed by atoms with Crippen LogP contribution < -0.4 is 10.1 Å². The number of piperidine rings is 1. The summed E-state index contributed by atoms with van der Waals surface area (Å²) in [6.07, 6.45) is 7.30. The molecular formula is C21H29Cl2N3O3. The second kappa shape index (κ2) is 10.3. The number of aromatic nitrogens is 1. The zero-order chi connectivity index (χ0) is 18.8. The lowest BCUT2D eigenvalue weighted by atomic mass is 9.98. The van der Waals surface area contributed by atoms with Crippen molar-refractivity contribution in [3.05, 3.63) is 36.4 Å². The Morgan fingerprint density at radius 2 is 1.86 bits per heavy atom. The van der Waals surface area contributed by atoms with Crippen LogP contribution in [0, 0.1) is 0 Å². The van der Waals surface area contributed by atoms with Gasteiger partial charge in [0.2, 0.25) is 5.91 Å². The topological polar surface area (TPSA) is 67.6 Å². The van der Waals surface area contributed by atoms with Crippen molar-refractivity contribution in [2.45, 2.75) is 56.7 Å². The molecular weight excluding hydrogens is 413 g/mol. The Kier molecular flexibility index (Phi) is 8.37. The summed E-state index contributed by atoms with van der Waals surface area (Å²) in [6, 6.07) is 9.19. The third-order valence-corrected chi connectivity index (χ3v) is 5.87. The van der Waals surface area contributed by atoms with Gasteiger partial charge in [-0.25, -0.2) is 4.98 Å². The Bertz CT molecular complexity index is 785. The van der Waals surface area contributed by atoms with E-state index >= 15 is 0 Å². The van der Waals surface area contributed by atoms with Gasteiger partial charge in [-0.15, -0.1) is 24.8 Å². The largest absolute Gasteiger partial charge is 0.497 e. The molecule has 1 amide bonds. The van der Waals surface area contributed by atoms with E-state index in [0.29, 0.717) is 42.6 Å². The molecule has 160 valence electrons. The van der Waals surface area contributed by atoms with Crippen LogP contribution in [0.5, 0.6) is 5.75 Å². The van der Waals surface area contributed by atoms with Crippen molar-refractivity contribution < 1.29 is 13.9 Å². The Hall–Kier alpha value is -1.76. The molecule has 8 heteroatoms. The Labute approximate surface area is 184 Å². The molecule has 2 unspecified atom stereocenters. The van der Waals surface area contributed by atoms with Crippen LogP contribution in [0.1, 0.15) is 38.0 Å². The highest BCUT2D eigenvalue weighted by molar-refractivity contribution is 5.85. The summed E-state index contributed by atoms with van der Waals surface area (Å²) in [6.45, 7) is 0. The number of halogens is 2. The molecule has 2 aromatic rings. The van der Waals surface area contributed by atoms with Gasteiger partial charge < -0.3 is 19.4 Å². The number of hydrogen-bond donors (Lipinski definition) is 1. The number of oxazole rings is 1. The van der Waals surface area contributed by atoms with E-state index in [0.717, 1.165) is 24.2 Å². The van der Waals surface area contributed by atoms with Crippen LogP contribution in [0.2, 0.25) is 0 Å². The predicted octanol–water partition coefficient (Wildman–Crippen LogP) is 3.87. The van der Waals surface area contributed by atoms with Gasteiger partial charge in [0, 0.05) is 43.6 Å². The summed E-state index contributed by atoms with van der Waals surface area (Å²) in [5.41, 5.74) is 0.947. The van der Waals surface area contributed by atoms with Crippen LogP contribution in [0.4, 0.5) is 0 Å². The molecule has 2 atom stereocenters. The van der Waals surface area contributed by atoms with E-state index in [-0.39, 0.29) is 30.7 Å². The second-order valence-electron chi connectivity index (χ2n) is 7.61. The average Bonchev–Trinajstić information content (AvgIpc) is 3.31. The van der Waals surface area contributed by atoms with Crippen LogP contribution in [0.3, 0.4) is 0 Å². The number of carbonyl (C=O) groups is 1. The summed E-state index contributed by atoms with van der Waals surface area (Å²) in [5.74, 6) is 2.29. The molecule has 1 aromatic carbocycles. The van der Waals surface area contributed by atoms with Gasteiger partial charge in [-0.1, -0.05) is 0 Å². The molecule has 0 radical (unpaired) electrons. The van der Waals surface area contributed by atoms with Crippen LogP contribution in [-0.4, -0.2) is 48.1 Å². The highest BCUT2D eigenvalue weighted by Crippen LogP contribution is 2.29. The number of fused-ring (bicyclic) bond motifs is 2. The van der Waals surface area contributed by atoms with Crippen molar-refractivity contribution in [1.82, 2.24) is 15.2 Å². The van der Waals surface area contributed by atoms with Crippen LogP contribution in [-0.2, 0) is 11.2 Å². The first kappa shape index (κ1) is 23.5. The third-order valence-electron chi connectivity index (χ3n) is 5.87. The lowest BCUT2D eigenvalue weighted by Crippen LogP contribution is -2.48. The second-order valence-corrected chi connectivity index (χ2v) is 7.61. The van der Waals surface area contributed by atoms with Crippen molar-refractivity contribution in [3.8, 4) is 17.1 Å². The van der Waals surface area contributed by atoms with Gasteiger partial charge >= 0.3 is 0 Å². The fourth-order valence-electron chi connectivity index (χ4n) is 4.25. The zero-order valence-electron chi connectivity index (χ0n) is 16.8. The first-order valence-electron chi connectivity index (χ1n) is 9.73. The number of rotatable bonds is 6. The summed E-state index contributed by atoms with van der Waals surface area (Å²) in [5, 5.41) is 3.63. The van der Waals surface area contributed by atoms with Crippen molar-refractivity contribution in [3.63, 3.8) is 0 Å². The fraction of sp³-hybridized carbons (Fsp3) is 0.524. The highest BCUT2D eigenvalue weighted by Gasteiger charge is 2.36. The molecule has 3 heterocycles. The minimum atomic E-state index is 0. The van der Waals surface area contributed by atoms with Crippen LogP contribution in [0.15, 0.2) is 34.9 Å². The van der Waals surface area contributed by atoms with Crippen LogP contribution >= 0.6 is 24.8 Å². The van der Waals surface area contributed by atoms with Gasteiger partial charge in [0.15, 0.2) is 11.7 Å². The molecule has 2 aliphatic heterocycles. The smallest absolute Gasteiger partial charge is 0.223 e. The summed E-state index contributed by atoms with van der Waals surface area (Å²) in [4.78, 5) is 18.9. The van der Waals surface area contributed by atoms with E-state index in [1.165, 1.54) is 12.8 Å². The number of aryl methyl sites for hydroxylation is 1. The number of nitrogens with one attached hydrogen (secondary N) is 1. The van der Waals surface area contributed by atoms with Gasteiger partial charge in [0.05, 0.1) is 13.3 Å². The minimum Gasteiger partial charge on any atom is -0.497 e. The quantitative estimate of drug-likeness (QED) is 0.736. The van der Waals surface area contributed by atoms with Gasteiger partial charge in [0.1, 0.15) is 5.75 Å². The number of nitrogens with zero attached hydrogens (tertiary/aromatic N) is 2. The lowest BCUT2D eigenvalue weighted by Gasteiger charge is -2.35.